The van der Waals surface area contributed by atoms with Gasteiger partial charge in [-0.3, -0.25) is 19.2 Å². The normalized spacial score (nSPS) is 11.3. The van der Waals surface area contributed by atoms with Crippen molar-refractivity contribution in [1.29, 1.82) is 5.41 Å². The molecule has 42 heavy (non-hydrogen) atoms. The van der Waals surface area contributed by atoms with Crippen LogP contribution in [0.1, 0.15) is 42.2 Å². The monoisotopic (exact) mass is 582 g/mol. The first-order valence-electron chi connectivity index (χ1n) is 13.0. The number of nitrogen functional groups attached to an aromatic ring is 1. The molecular weight excluding hydrogens is 552 g/mol. The minimum absolute atomic E-state index is 0.0241. The minimum Gasteiger partial charge on any atom is -0.457 e. The zero-order chi connectivity index (χ0) is 30.1. The van der Waals surface area contributed by atoms with Crippen molar-refractivity contribution >= 4 is 40.1 Å². The Labute approximate surface area is 246 Å². The number of nitrogens with one attached hydrogen (secondary N) is 3. The van der Waals surface area contributed by atoms with E-state index in [1.54, 1.807) is 66.9 Å². The summed E-state index contributed by atoms with van der Waals surface area (Å²) >= 11 is 0. The Morgan fingerprint density at radius 1 is 0.810 bits per heavy atom. The number of carbonyl (C=O) groups is 3. The van der Waals surface area contributed by atoms with Crippen LogP contribution in [0.15, 0.2) is 97.1 Å². The van der Waals surface area contributed by atoms with Gasteiger partial charge in [-0.05, 0) is 59.2 Å². The van der Waals surface area contributed by atoms with Crippen LogP contribution in [0.25, 0.3) is 11.1 Å². The van der Waals surface area contributed by atoms with Gasteiger partial charge in [0.05, 0.1) is 5.56 Å². The highest BCUT2D eigenvalue weighted by Crippen LogP contribution is 2.30. The van der Waals surface area contributed by atoms with Gasteiger partial charge in [-0.25, -0.2) is 4.79 Å². The van der Waals surface area contributed by atoms with E-state index in [-0.39, 0.29) is 30.1 Å². The Balaban J connectivity index is 1.67. The van der Waals surface area contributed by atoms with E-state index in [1.807, 2.05) is 30.3 Å². The average Bonchev–Trinajstić information content (AvgIpc) is 3.00. The molecule has 4 aromatic carbocycles. The van der Waals surface area contributed by atoms with E-state index < -0.39 is 28.6 Å². The fraction of sp³-hybridized carbons (Fsp3) is 0.125. The lowest BCUT2D eigenvalue weighted by atomic mass is 9.93. The summed E-state index contributed by atoms with van der Waals surface area (Å²) in [5, 5.41) is 13.1. The van der Waals surface area contributed by atoms with Crippen LogP contribution >= 0.6 is 0 Å². The van der Waals surface area contributed by atoms with Crippen LogP contribution in [-0.2, 0) is 22.1 Å². The Bertz CT molecular complexity index is 1640. The summed E-state index contributed by atoms with van der Waals surface area (Å²) in [4.78, 5) is 39.6. The molecule has 0 spiro atoms. The van der Waals surface area contributed by atoms with Gasteiger partial charge in [0, 0.05) is 51.7 Å². The Morgan fingerprint density at radius 3 is 2.14 bits per heavy atom. The third kappa shape index (κ3) is 7.76. The van der Waals surface area contributed by atoms with Gasteiger partial charge in [0.2, 0.25) is 0 Å². The number of esters is 1. The smallest absolute Gasteiger partial charge is 0.339 e. The molecule has 1 atom stereocenters. The molecular formula is C32H30N4O5S. The molecule has 0 fully saturated rings. The largest absolute Gasteiger partial charge is 0.457 e. The molecule has 5 N–H and O–H groups in total. The first-order valence-corrected chi connectivity index (χ1v) is 14.7. The molecule has 0 aliphatic heterocycles. The number of nitrogens with two attached hydrogens (primary N) is 1. The fourth-order valence-electron chi connectivity index (χ4n) is 4.15. The number of rotatable bonds is 11. The van der Waals surface area contributed by atoms with Gasteiger partial charge in [0.15, 0.2) is 0 Å². The van der Waals surface area contributed by atoms with Crippen LogP contribution in [0, 0.1) is 5.41 Å². The van der Waals surface area contributed by atoms with E-state index in [0.29, 0.717) is 33.7 Å². The second-order valence-electron chi connectivity index (χ2n) is 9.35. The number of ether oxygens (including phenoxy) is 1. The summed E-state index contributed by atoms with van der Waals surface area (Å²) in [6.07, 6.45) is 1.55. The number of anilines is 1. The molecule has 0 radical (unpaired) electrons. The summed E-state index contributed by atoms with van der Waals surface area (Å²) in [7, 11) is -1.07. The van der Waals surface area contributed by atoms with Gasteiger partial charge < -0.3 is 21.1 Å². The van der Waals surface area contributed by atoms with Crippen LogP contribution in [0.4, 0.5) is 5.69 Å². The quantitative estimate of drug-likeness (QED) is 0.117. The lowest BCUT2D eigenvalue weighted by Gasteiger charge is -2.15. The number of amidine groups is 1. The second-order valence-corrected chi connectivity index (χ2v) is 10.9. The summed E-state index contributed by atoms with van der Waals surface area (Å²) in [6.45, 7) is 0.240. The summed E-state index contributed by atoms with van der Waals surface area (Å²) in [5.41, 5.74) is 8.86. The minimum atomic E-state index is -1.07. The van der Waals surface area contributed by atoms with Gasteiger partial charge in [-0.2, -0.15) is 0 Å². The fourth-order valence-corrected chi connectivity index (χ4v) is 4.54. The first-order chi connectivity index (χ1) is 20.2. The molecule has 10 heteroatoms. The molecule has 4 aromatic rings. The topological polar surface area (TPSA) is 151 Å². The predicted octanol–water partition coefficient (Wildman–Crippen LogP) is 4.36. The molecule has 0 saturated heterocycles. The molecule has 1 unspecified atom stereocenters. The van der Waals surface area contributed by atoms with E-state index in [1.165, 1.54) is 6.07 Å². The van der Waals surface area contributed by atoms with E-state index >= 15 is 0 Å². The van der Waals surface area contributed by atoms with Gasteiger partial charge in [-0.1, -0.05) is 54.6 Å². The molecule has 0 aromatic heterocycles. The standard InChI is InChI=1S/C32H30N4O5S/c1-42(40)18-17-35-30(37)23-13-16-26(28(19-23)32(39)41-20-21-7-3-2-4-8-21)25-9-5-6-10-27(25)31(38)36-24-14-11-22(12-15-24)29(33)34/h2-16,19H,17-18,20H2,1H3,(H3,33,34)(H,35,37)(H,36,38). The lowest BCUT2D eigenvalue weighted by molar-refractivity contribution is 0.0473. The van der Waals surface area contributed by atoms with Crippen molar-refractivity contribution in [2.24, 2.45) is 5.73 Å². The maximum atomic E-state index is 13.4. The van der Waals surface area contributed by atoms with Gasteiger partial charge in [0.25, 0.3) is 11.8 Å². The number of benzene rings is 4. The van der Waals surface area contributed by atoms with Gasteiger partial charge in [0.1, 0.15) is 12.4 Å². The van der Waals surface area contributed by atoms with E-state index in [9.17, 15) is 18.6 Å². The summed E-state index contributed by atoms with van der Waals surface area (Å²) in [6, 6.07) is 27.2. The van der Waals surface area contributed by atoms with Crippen molar-refractivity contribution < 1.29 is 23.3 Å². The van der Waals surface area contributed by atoms with Crippen LogP contribution in [0.2, 0.25) is 0 Å². The van der Waals surface area contributed by atoms with E-state index in [2.05, 4.69) is 10.6 Å². The van der Waals surface area contributed by atoms with Crippen molar-refractivity contribution in [3.63, 3.8) is 0 Å². The highest BCUT2D eigenvalue weighted by atomic mass is 32.2. The van der Waals surface area contributed by atoms with Crippen LogP contribution in [0.3, 0.4) is 0 Å². The molecule has 0 heterocycles. The Morgan fingerprint density at radius 2 is 1.45 bits per heavy atom. The number of carbonyl (C=O) groups excluding carboxylic acids is 3. The molecule has 214 valence electrons. The first kappa shape index (κ1) is 29.9. The third-order valence-corrected chi connectivity index (χ3v) is 7.08. The molecule has 9 nitrogen and oxygen atoms in total. The van der Waals surface area contributed by atoms with Crippen molar-refractivity contribution in [2.45, 2.75) is 6.61 Å². The van der Waals surface area contributed by atoms with E-state index in [0.717, 1.165) is 5.56 Å². The number of hydrogen-bond donors (Lipinski definition) is 4. The van der Waals surface area contributed by atoms with Crippen molar-refractivity contribution in [1.82, 2.24) is 5.32 Å². The molecule has 0 aliphatic rings. The molecule has 4 rings (SSSR count). The SMILES string of the molecule is CS(=O)CCNC(=O)c1ccc(-c2ccccc2C(=O)Nc2ccc(C(=N)N)cc2)c(C(=O)OCc2ccccc2)c1. The molecule has 0 aliphatic carbocycles. The predicted molar refractivity (Wildman–Crippen MR) is 164 cm³/mol. The highest BCUT2D eigenvalue weighted by Gasteiger charge is 2.22. The summed E-state index contributed by atoms with van der Waals surface area (Å²) in [5.74, 6) is -1.28. The molecule has 0 saturated carbocycles. The van der Waals surface area contributed by atoms with Crippen molar-refractivity contribution in [3.8, 4) is 11.1 Å². The zero-order valence-electron chi connectivity index (χ0n) is 22.9. The zero-order valence-corrected chi connectivity index (χ0v) is 23.7. The van der Waals surface area contributed by atoms with Crippen LogP contribution < -0.4 is 16.4 Å². The maximum absolute atomic E-state index is 13.4. The number of amides is 2. The molecule has 0 bridgehead atoms. The van der Waals surface area contributed by atoms with Crippen molar-refractivity contribution in [3.05, 3.63) is 125 Å². The Kier molecular flexibility index (Phi) is 9.96. The van der Waals surface area contributed by atoms with Crippen LogP contribution in [0.5, 0.6) is 0 Å². The lowest BCUT2D eigenvalue weighted by Crippen LogP contribution is -2.27. The Hall–Kier alpha value is -5.09. The average molecular weight is 583 g/mol. The van der Waals surface area contributed by atoms with E-state index in [4.69, 9.17) is 15.9 Å². The maximum Gasteiger partial charge on any atom is 0.339 e. The third-order valence-electron chi connectivity index (χ3n) is 6.31. The van der Waals surface area contributed by atoms with Gasteiger partial charge in [-0.15, -0.1) is 0 Å². The summed E-state index contributed by atoms with van der Waals surface area (Å²) < 4.78 is 17.0. The molecule has 2 amide bonds. The van der Waals surface area contributed by atoms with Crippen LogP contribution in [-0.4, -0.2) is 46.4 Å². The second kappa shape index (κ2) is 14.0. The number of hydrogen-bond acceptors (Lipinski definition) is 6. The van der Waals surface area contributed by atoms with Crippen molar-refractivity contribution in [2.75, 3.05) is 23.9 Å². The van der Waals surface area contributed by atoms with Gasteiger partial charge >= 0.3 is 5.97 Å². The highest BCUT2D eigenvalue weighted by molar-refractivity contribution is 7.84.